The molecule has 0 unspecified atom stereocenters. The summed E-state index contributed by atoms with van der Waals surface area (Å²) in [5.74, 6) is 0. The van der Waals surface area contributed by atoms with Gasteiger partial charge in [-0.15, -0.1) is 0 Å². The molecule has 0 aromatic heterocycles. The lowest BCUT2D eigenvalue weighted by molar-refractivity contribution is 0.491. The van der Waals surface area contributed by atoms with Gasteiger partial charge in [0, 0.05) is 7.05 Å². The van der Waals surface area contributed by atoms with Gasteiger partial charge in [0.2, 0.25) is 10.0 Å². The Balaban J connectivity index is 2.68. The van der Waals surface area contributed by atoms with Gasteiger partial charge in [0.15, 0.2) is 0 Å². The van der Waals surface area contributed by atoms with Gasteiger partial charge >= 0.3 is 0 Å². The summed E-state index contributed by atoms with van der Waals surface area (Å²) in [6.07, 6.45) is 3.55. The molecule has 14 heavy (non-hydrogen) atoms. The first-order valence-electron chi connectivity index (χ1n) is 4.68. The molecule has 1 rings (SSSR count). The number of rotatable bonds is 4. The summed E-state index contributed by atoms with van der Waals surface area (Å²) in [7, 11) is -1.63. The Hall–Kier alpha value is -0.200. The van der Waals surface area contributed by atoms with Gasteiger partial charge in [-0.3, -0.25) is 0 Å². The molecule has 1 aliphatic rings. The average molecular weight is 236 g/mol. The maximum absolute atomic E-state index is 11.9. The highest BCUT2D eigenvalue weighted by atomic mass is 32.2. The van der Waals surface area contributed by atoms with Crippen molar-refractivity contribution in [1.82, 2.24) is 4.31 Å². The molecule has 82 valence electrons. The summed E-state index contributed by atoms with van der Waals surface area (Å²) < 4.78 is 25.0. The van der Waals surface area contributed by atoms with Gasteiger partial charge in [0.25, 0.3) is 0 Å². The molecule has 0 aliphatic heterocycles. The number of likely N-dealkylation sites (N-methyl/N-ethyl adjacent to an activating group) is 1. The molecule has 0 bridgehead atoms. The highest BCUT2D eigenvalue weighted by Gasteiger charge is 2.32. The predicted octanol–water partition coefficient (Wildman–Crippen LogP) is 0.477. The van der Waals surface area contributed by atoms with E-state index in [-0.39, 0.29) is 16.8 Å². The van der Waals surface area contributed by atoms with Gasteiger partial charge in [0.05, 0.1) is 16.8 Å². The van der Waals surface area contributed by atoms with Crippen LogP contribution >= 0.6 is 12.2 Å². The van der Waals surface area contributed by atoms with Crippen molar-refractivity contribution in [2.45, 2.75) is 30.9 Å². The molecule has 0 heterocycles. The third-order valence-electron chi connectivity index (χ3n) is 2.54. The molecular weight excluding hydrogens is 220 g/mol. The van der Waals surface area contributed by atoms with E-state index in [0.29, 0.717) is 0 Å². The van der Waals surface area contributed by atoms with Crippen molar-refractivity contribution in [3.05, 3.63) is 0 Å². The first-order chi connectivity index (χ1) is 6.44. The van der Waals surface area contributed by atoms with E-state index in [2.05, 4.69) is 12.2 Å². The Morgan fingerprint density at radius 3 is 2.43 bits per heavy atom. The standard InChI is InChI=1S/C8H16N2O2S2/c1-10(6-8(9)13)14(11,12)7-4-2-3-5-7/h7H,2-6H2,1H3,(H2,9,13). The van der Waals surface area contributed by atoms with Crippen molar-refractivity contribution in [1.29, 1.82) is 0 Å². The number of hydrogen-bond donors (Lipinski definition) is 1. The van der Waals surface area contributed by atoms with Crippen LogP contribution in [0.1, 0.15) is 25.7 Å². The first-order valence-corrected chi connectivity index (χ1v) is 6.59. The molecule has 0 spiro atoms. The fraction of sp³-hybridized carbons (Fsp3) is 0.875. The van der Waals surface area contributed by atoms with E-state index in [9.17, 15) is 8.42 Å². The summed E-state index contributed by atoms with van der Waals surface area (Å²) in [5, 5.41) is -0.221. The van der Waals surface area contributed by atoms with Crippen LogP contribution in [0.4, 0.5) is 0 Å². The molecule has 0 amide bonds. The number of thiocarbonyl (C=S) groups is 1. The second-order valence-corrected chi connectivity index (χ2v) is 6.52. The SMILES string of the molecule is CN(CC(N)=S)S(=O)(=O)C1CCCC1. The van der Waals surface area contributed by atoms with Crippen LogP contribution in [0.15, 0.2) is 0 Å². The summed E-state index contributed by atoms with van der Waals surface area (Å²) in [6, 6.07) is 0. The highest BCUT2D eigenvalue weighted by Crippen LogP contribution is 2.26. The molecule has 1 saturated carbocycles. The Bertz CT molecular complexity index is 307. The van der Waals surface area contributed by atoms with Gasteiger partial charge in [-0.1, -0.05) is 25.1 Å². The molecular formula is C8H16N2O2S2. The van der Waals surface area contributed by atoms with Crippen LogP contribution in [-0.2, 0) is 10.0 Å². The largest absolute Gasteiger partial charge is 0.392 e. The van der Waals surface area contributed by atoms with Crippen LogP contribution in [0.5, 0.6) is 0 Å². The quantitative estimate of drug-likeness (QED) is 0.721. The van der Waals surface area contributed by atoms with E-state index in [1.807, 2.05) is 0 Å². The molecule has 1 aliphatic carbocycles. The molecule has 6 heteroatoms. The van der Waals surface area contributed by atoms with E-state index in [1.54, 1.807) is 0 Å². The Kier molecular flexibility index (Phi) is 3.86. The molecule has 0 saturated heterocycles. The normalized spacial score (nSPS) is 19.0. The van der Waals surface area contributed by atoms with Crippen LogP contribution in [-0.4, -0.2) is 36.6 Å². The zero-order valence-corrected chi connectivity index (χ0v) is 9.90. The minimum Gasteiger partial charge on any atom is -0.392 e. The third-order valence-corrected chi connectivity index (χ3v) is 4.98. The average Bonchev–Trinajstić information content (AvgIpc) is 2.54. The Morgan fingerprint density at radius 2 is 2.00 bits per heavy atom. The molecule has 2 N–H and O–H groups in total. The number of nitrogens with zero attached hydrogens (tertiary/aromatic N) is 1. The lowest BCUT2D eigenvalue weighted by atomic mass is 10.4. The fourth-order valence-corrected chi connectivity index (χ4v) is 3.78. The maximum Gasteiger partial charge on any atom is 0.217 e. The summed E-state index contributed by atoms with van der Waals surface area (Å²) in [6.45, 7) is 0.147. The van der Waals surface area contributed by atoms with Crippen molar-refractivity contribution in [2.75, 3.05) is 13.6 Å². The van der Waals surface area contributed by atoms with Gasteiger partial charge in [-0.25, -0.2) is 8.42 Å². The van der Waals surface area contributed by atoms with Gasteiger partial charge < -0.3 is 5.73 Å². The van der Waals surface area contributed by atoms with Crippen molar-refractivity contribution in [2.24, 2.45) is 5.73 Å². The summed E-state index contributed by atoms with van der Waals surface area (Å²) >= 11 is 4.69. The van der Waals surface area contributed by atoms with Crippen LogP contribution in [0.25, 0.3) is 0 Å². The van der Waals surface area contributed by atoms with Crippen LogP contribution < -0.4 is 5.73 Å². The smallest absolute Gasteiger partial charge is 0.217 e. The van der Waals surface area contributed by atoms with E-state index in [4.69, 9.17) is 5.73 Å². The molecule has 1 fully saturated rings. The topological polar surface area (TPSA) is 63.4 Å². The van der Waals surface area contributed by atoms with E-state index < -0.39 is 10.0 Å². The highest BCUT2D eigenvalue weighted by molar-refractivity contribution is 7.89. The Labute approximate surface area is 90.5 Å². The molecule has 0 aromatic rings. The minimum atomic E-state index is -3.17. The van der Waals surface area contributed by atoms with Crippen molar-refractivity contribution in [3.63, 3.8) is 0 Å². The zero-order chi connectivity index (χ0) is 10.8. The predicted molar refractivity (Wildman–Crippen MR) is 60.6 cm³/mol. The summed E-state index contributed by atoms with van der Waals surface area (Å²) in [4.78, 5) is 0.217. The zero-order valence-electron chi connectivity index (χ0n) is 8.27. The molecule has 0 aromatic carbocycles. The first kappa shape index (κ1) is 11.9. The molecule has 0 radical (unpaired) electrons. The summed E-state index contributed by atoms with van der Waals surface area (Å²) in [5.41, 5.74) is 5.31. The second kappa shape index (κ2) is 4.55. The Morgan fingerprint density at radius 1 is 1.50 bits per heavy atom. The second-order valence-electron chi connectivity index (χ2n) is 3.67. The number of hydrogen-bond acceptors (Lipinski definition) is 3. The van der Waals surface area contributed by atoms with E-state index in [0.717, 1.165) is 25.7 Å². The lowest BCUT2D eigenvalue weighted by Gasteiger charge is -2.20. The number of nitrogens with two attached hydrogens (primary N) is 1. The van der Waals surface area contributed by atoms with Crippen LogP contribution in [0.3, 0.4) is 0 Å². The van der Waals surface area contributed by atoms with E-state index >= 15 is 0 Å². The maximum atomic E-state index is 11.9. The van der Waals surface area contributed by atoms with E-state index in [1.165, 1.54) is 11.4 Å². The lowest BCUT2D eigenvalue weighted by Crippen LogP contribution is -2.39. The number of sulfonamides is 1. The van der Waals surface area contributed by atoms with Crippen molar-refractivity contribution in [3.8, 4) is 0 Å². The fourth-order valence-electron chi connectivity index (χ4n) is 1.75. The van der Waals surface area contributed by atoms with Crippen molar-refractivity contribution < 1.29 is 8.42 Å². The van der Waals surface area contributed by atoms with Crippen LogP contribution in [0.2, 0.25) is 0 Å². The minimum absolute atomic E-state index is 0.147. The molecule has 0 atom stereocenters. The van der Waals surface area contributed by atoms with Gasteiger partial charge in [-0.2, -0.15) is 4.31 Å². The third kappa shape index (κ3) is 2.65. The van der Waals surface area contributed by atoms with Gasteiger partial charge in [0.1, 0.15) is 0 Å². The molecule has 4 nitrogen and oxygen atoms in total. The van der Waals surface area contributed by atoms with Crippen molar-refractivity contribution >= 4 is 27.2 Å². The van der Waals surface area contributed by atoms with Crippen LogP contribution in [0, 0.1) is 0 Å². The monoisotopic (exact) mass is 236 g/mol. The van der Waals surface area contributed by atoms with Gasteiger partial charge in [-0.05, 0) is 12.8 Å².